The van der Waals surface area contributed by atoms with Gasteiger partial charge in [0.25, 0.3) is 5.69 Å². The van der Waals surface area contributed by atoms with Crippen LogP contribution in [0.15, 0.2) is 66.7 Å². The van der Waals surface area contributed by atoms with E-state index in [4.69, 9.17) is 5.14 Å². The molecule has 9 heteroatoms. The van der Waals surface area contributed by atoms with Gasteiger partial charge in [0.15, 0.2) is 0 Å². The Bertz CT molecular complexity index is 1200. The number of non-ortho nitro benzene ring substituents is 1. The van der Waals surface area contributed by atoms with Crippen LogP contribution >= 0.6 is 0 Å². The molecule has 1 aliphatic rings. The minimum Gasteiger partial charge on any atom is -0.299 e. The second-order valence-electron chi connectivity index (χ2n) is 8.15. The van der Waals surface area contributed by atoms with E-state index >= 15 is 0 Å². The van der Waals surface area contributed by atoms with Crippen molar-refractivity contribution >= 4 is 26.5 Å². The van der Waals surface area contributed by atoms with Crippen molar-refractivity contribution in [2.24, 2.45) is 5.14 Å². The van der Waals surface area contributed by atoms with Gasteiger partial charge < -0.3 is 0 Å². The molecule has 1 aliphatic heterocycles. The van der Waals surface area contributed by atoms with Crippen molar-refractivity contribution in [1.29, 1.82) is 0 Å². The number of nitro benzene ring substituents is 1. The number of nitro groups is 1. The van der Waals surface area contributed by atoms with E-state index in [0.717, 1.165) is 48.1 Å². The number of rotatable bonds is 7. The van der Waals surface area contributed by atoms with E-state index in [2.05, 4.69) is 9.80 Å². The average molecular weight is 455 g/mol. The summed E-state index contributed by atoms with van der Waals surface area (Å²) in [5.41, 5.74) is 1.84. The van der Waals surface area contributed by atoms with Gasteiger partial charge in [-0.15, -0.1) is 0 Å². The van der Waals surface area contributed by atoms with E-state index in [-0.39, 0.29) is 5.69 Å². The van der Waals surface area contributed by atoms with E-state index in [1.54, 1.807) is 12.1 Å². The van der Waals surface area contributed by atoms with Crippen LogP contribution in [-0.2, 0) is 16.6 Å². The highest BCUT2D eigenvalue weighted by Crippen LogP contribution is 2.29. The number of nitrogens with zero attached hydrogens (tertiary/aromatic N) is 3. The van der Waals surface area contributed by atoms with Gasteiger partial charge in [0.05, 0.1) is 4.92 Å². The Morgan fingerprint density at radius 3 is 2.19 bits per heavy atom. The lowest BCUT2D eigenvalue weighted by Gasteiger charge is -2.36. The number of benzene rings is 3. The van der Waals surface area contributed by atoms with Gasteiger partial charge in [-0.05, 0) is 21.9 Å². The van der Waals surface area contributed by atoms with Crippen LogP contribution in [-0.4, -0.2) is 55.9 Å². The largest absolute Gasteiger partial charge is 0.299 e. The highest BCUT2D eigenvalue weighted by molar-refractivity contribution is 7.89. The van der Waals surface area contributed by atoms with Gasteiger partial charge in [-0.3, -0.25) is 19.9 Å². The number of fused-ring (bicyclic) bond motifs is 1. The maximum Gasteiger partial charge on any atom is 0.269 e. The number of hydrogen-bond donors (Lipinski definition) is 1. The molecule has 1 saturated heterocycles. The summed E-state index contributed by atoms with van der Waals surface area (Å²) in [6, 6.07) is 20.0. The second kappa shape index (κ2) is 9.33. The van der Waals surface area contributed by atoms with Crippen molar-refractivity contribution in [3.05, 3.63) is 88.0 Å². The van der Waals surface area contributed by atoms with Gasteiger partial charge in [-0.25, -0.2) is 13.6 Å². The third-order valence-corrected chi connectivity index (χ3v) is 7.21. The summed E-state index contributed by atoms with van der Waals surface area (Å²) in [7, 11) is -3.79. The van der Waals surface area contributed by atoms with Crippen LogP contribution in [0, 0.1) is 10.1 Å². The van der Waals surface area contributed by atoms with Crippen LogP contribution in [0.3, 0.4) is 0 Å². The summed E-state index contributed by atoms with van der Waals surface area (Å²) in [4.78, 5) is 14.8. The maximum absolute atomic E-state index is 12.5. The Labute approximate surface area is 187 Å². The van der Waals surface area contributed by atoms with Crippen LogP contribution in [0.2, 0.25) is 0 Å². The molecule has 0 amide bonds. The number of sulfonamides is 1. The molecule has 8 nitrogen and oxygen atoms in total. The zero-order valence-corrected chi connectivity index (χ0v) is 18.4. The lowest BCUT2D eigenvalue weighted by molar-refractivity contribution is -0.384. The van der Waals surface area contributed by atoms with Gasteiger partial charge in [0.2, 0.25) is 10.0 Å². The van der Waals surface area contributed by atoms with Gasteiger partial charge in [-0.2, -0.15) is 0 Å². The Kier molecular flexibility index (Phi) is 6.52. The molecular weight excluding hydrogens is 428 g/mol. The molecule has 1 fully saturated rings. The molecule has 0 aromatic heterocycles. The Balaban J connectivity index is 1.43. The standard InChI is InChI=1S/C23H26N4O4S/c24-32(30,31)23(22-7-3-5-19-4-1-2-6-21(19)22)17-26-14-12-25(13-15-26)16-18-8-10-20(11-9-18)27(28)29/h1-11,23H,12-17H2,(H2,24,30,31). The molecule has 168 valence electrons. The molecule has 1 unspecified atom stereocenters. The van der Waals surface area contributed by atoms with Crippen molar-refractivity contribution in [3.63, 3.8) is 0 Å². The number of hydrogen-bond acceptors (Lipinski definition) is 6. The van der Waals surface area contributed by atoms with Crippen molar-refractivity contribution in [2.75, 3.05) is 32.7 Å². The highest BCUT2D eigenvalue weighted by atomic mass is 32.2. The van der Waals surface area contributed by atoms with Gasteiger partial charge in [0, 0.05) is 51.4 Å². The van der Waals surface area contributed by atoms with Gasteiger partial charge in [0.1, 0.15) is 5.25 Å². The SMILES string of the molecule is NS(=O)(=O)C(CN1CCN(Cc2ccc([N+](=O)[O-])cc2)CC1)c1cccc2ccccc12. The van der Waals surface area contributed by atoms with E-state index in [0.29, 0.717) is 13.1 Å². The predicted molar refractivity (Wildman–Crippen MR) is 125 cm³/mol. The normalized spacial score (nSPS) is 16.8. The zero-order chi connectivity index (χ0) is 22.7. The molecule has 0 aliphatic carbocycles. The number of primary sulfonamides is 1. The molecule has 3 aromatic carbocycles. The van der Waals surface area contributed by atoms with Crippen LogP contribution in [0.5, 0.6) is 0 Å². The highest BCUT2D eigenvalue weighted by Gasteiger charge is 2.29. The van der Waals surface area contributed by atoms with Crippen LogP contribution in [0.4, 0.5) is 5.69 Å². The van der Waals surface area contributed by atoms with Crippen molar-refractivity contribution in [3.8, 4) is 0 Å². The van der Waals surface area contributed by atoms with Gasteiger partial charge >= 0.3 is 0 Å². The predicted octanol–water partition coefficient (Wildman–Crippen LogP) is 2.90. The molecular formula is C23H26N4O4S. The summed E-state index contributed by atoms with van der Waals surface area (Å²) >= 11 is 0. The Hall–Kier alpha value is -2.85. The molecule has 32 heavy (non-hydrogen) atoms. The van der Waals surface area contributed by atoms with E-state index in [1.165, 1.54) is 12.1 Å². The minimum atomic E-state index is -3.79. The smallest absolute Gasteiger partial charge is 0.269 e. The molecule has 3 aromatic rings. The summed E-state index contributed by atoms with van der Waals surface area (Å²) in [6.07, 6.45) is 0. The van der Waals surface area contributed by atoms with Crippen LogP contribution < -0.4 is 5.14 Å². The first-order valence-corrected chi connectivity index (χ1v) is 12.1. The first-order chi connectivity index (χ1) is 15.3. The lowest BCUT2D eigenvalue weighted by atomic mass is 10.0. The fraction of sp³-hybridized carbons (Fsp3) is 0.304. The fourth-order valence-electron chi connectivity index (χ4n) is 4.26. The summed E-state index contributed by atoms with van der Waals surface area (Å²) in [6.45, 7) is 4.06. The Morgan fingerprint density at radius 1 is 0.906 bits per heavy atom. The number of nitrogens with two attached hydrogens (primary N) is 1. The molecule has 2 N–H and O–H groups in total. The third kappa shape index (κ3) is 5.13. The van der Waals surface area contributed by atoms with E-state index < -0.39 is 20.2 Å². The minimum absolute atomic E-state index is 0.0843. The van der Waals surface area contributed by atoms with Crippen LogP contribution in [0.1, 0.15) is 16.4 Å². The fourth-order valence-corrected chi connectivity index (χ4v) is 5.23. The first-order valence-electron chi connectivity index (χ1n) is 10.5. The topological polar surface area (TPSA) is 110 Å². The summed E-state index contributed by atoms with van der Waals surface area (Å²) in [5, 5.41) is 17.6. The van der Waals surface area contributed by atoms with Crippen LogP contribution in [0.25, 0.3) is 10.8 Å². The van der Waals surface area contributed by atoms with Gasteiger partial charge in [-0.1, -0.05) is 54.6 Å². The molecule has 0 saturated carbocycles. The van der Waals surface area contributed by atoms with E-state index in [9.17, 15) is 18.5 Å². The van der Waals surface area contributed by atoms with E-state index in [1.807, 2.05) is 42.5 Å². The van der Waals surface area contributed by atoms with Crippen molar-refractivity contribution < 1.29 is 13.3 Å². The summed E-state index contributed by atoms with van der Waals surface area (Å²) < 4.78 is 25.0. The molecule has 1 heterocycles. The first kappa shape index (κ1) is 22.3. The monoisotopic (exact) mass is 454 g/mol. The molecule has 0 spiro atoms. The van der Waals surface area contributed by atoms with Crippen molar-refractivity contribution in [1.82, 2.24) is 9.80 Å². The molecule has 1 atom stereocenters. The lowest BCUT2D eigenvalue weighted by Crippen LogP contribution is -2.48. The Morgan fingerprint density at radius 2 is 1.53 bits per heavy atom. The molecule has 0 bridgehead atoms. The number of piperazine rings is 1. The quantitative estimate of drug-likeness (QED) is 0.434. The maximum atomic E-state index is 12.5. The zero-order valence-electron chi connectivity index (χ0n) is 17.6. The average Bonchev–Trinajstić information content (AvgIpc) is 2.78. The second-order valence-corrected chi connectivity index (χ2v) is 9.89. The molecule has 4 rings (SSSR count). The third-order valence-electron chi connectivity index (χ3n) is 6.01. The van der Waals surface area contributed by atoms with Crippen molar-refractivity contribution in [2.45, 2.75) is 11.8 Å². The molecule has 0 radical (unpaired) electrons. The summed E-state index contributed by atoms with van der Waals surface area (Å²) in [5.74, 6) is 0.